The molecule has 0 unspecified atom stereocenters. The summed E-state index contributed by atoms with van der Waals surface area (Å²) in [6, 6.07) is 32.7. The first-order valence-corrected chi connectivity index (χ1v) is 17.1. The van der Waals surface area contributed by atoms with Crippen molar-refractivity contribution in [3.63, 3.8) is 0 Å². The number of hydrogen-bond acceptors (Lipinski definition) is 4. The highest BCUT2D eigenvalue weighted by molar-refractivity contribution is 7.95. The van der Waals surface area contributed by atoms with E-state index in [1.165, 1.54) is 15.9 Å². The van der Waals surface area contributed by atoms with Crippen molar-refractivity contribution in [2.75, 3.05) is 26.3 Å². The van der Waals surface area contributed by atoms with Gasteiger partial charge < -0.3 is 26.2 Å². The van der Waals surface area contributed by atoms with E-state index >= 15 is 0 Å². The van der Waals surface area contributed by atoms with E-state index in [-0.39, 0.29) is 11.9 Å². The lowest BCUT2D eigenvalue weighted by molar-refractivity contribution is -0.193. The van der Waals surface area contributed by atoms with E-state index in [1.54, 1.807) is 11.9 Å². The lowest BCUT2D eigenvalue weighted by Gasteiger charge is -2.28. The zero-order valence-electron chi connectivity index (χ0n) is 27.8. The van der Waals surface area contributed by atoms with Gasteiger partial charge in [-0.3, -0.25) is 10.2 Å². The van der Waals surface area contributed by atoms with Crippen LogP contribution in [-0.4, -0.2) is 77.6 Å². The molecule has 3 aromatic rings. The number of aliphatic carboxylic acids is 2. The first-order chi connectivity index (χ1) is 23.2. The van der Waals surface area contributed by atoms with E-state index in [0.29, 0.717) is 19.5 Å². The second-order valence-electron chi connectivity index (χ2n) is 11.5. The number of carbonyl (C=O) groups is 3. The van der Waals surface area contributed by atoms with Gasteiger partial charge in [-0.2, -0.15) is 26.3 Å². The fourth-order valence-corrected chi connectivity index (χ4v) is 8.89. The summed E-state index contributed by atoms with van der Waals surface area (Å²) in [7, 11) is -0.0553. The Morgan fingerprint density at radius 3 is 1.38 bits per heavy atom. The lowest BCUT2D eigenvalue weighted by atomic mass is 9.88. The van der Waals surface area contributed by atoms with Crippen molar-refractivity contribution in [3.8, 4) is 0 Å². The Labute approximate surface area is 287 Å². The van der Waals surface area contributed by atoms with Gasteiger partial charge in [0.15, 0.2) is 5.96 Å². The molecule has 9 nitrogen and oxygen atoms in total. The summed E-state index contributed by atoms with van der Waals surface area (Å²) in [5, 5.41) is 29.1. The van der Waals surface area contributed by atoms with E-state index in [4.69, 9.17) is 30.9 Å². The van der Waals surface area contributed by atoms with Gasteiger partial charge in [0, 0.05) is 25.6 Å². The number of guanidine groups is 1. The normalized spacial score (nSPS) is 11.5. The van der Waals surface area contributed by atoms with Crippen LogP contribution >= 0.6 is 7.26 Å². The Morgan fingerprint density at radius 2 is 1.08 bits per heavy atom. The van der Waals surface area contributed by atoms with Crippen LogP contribution in [0.15, 0.2) is 91.0 Å². The molecule has 3 aromatic carbocycles. The zero-order valence-corrected chi connectivity index (χ0v) is 28.7. The van der Waals surface area contributed by atoms with Crippen LogP contribution in [0.25, 0.3) is 0 Å². The van der Waals surface area contributed by atoms with Crippen LogP contribution < -0.4 is 27.0 Å². The molecule has 0 aromatic heterocycles. The fourth-order valence-electron chi connectivity index (χ4n) is 4.48. The van der Waals surface area contributed by atoms with Crippen LogP contribution in [0.2, 0.25) is 0 Å². The molecule has 274 valence electrons. The summed E-state index contributed by atoms with van der Waals surface area (Å²) >= 11 is 0. The van der Waals surface area contributed by atoms with Crippen LogP contribution in [0.5, 0.6) is 0 Å². The summed E-state index contributed by atoms with van der Waals surface area (Å²) in [5.41, 5.74) is 5.01. The molecule has 16 heteroatoms. The van der Waals surface area contributed by atoms with Crippen molar-refractivity contribution in [2.45, 2.75) is 45.5 Å². The third-order valence-electron chi connectivity index (χ3n) is 7.38. The number of amides is 1. The van der Waals surface area contributed by atoms with Crippen molar-refractivity contribution in [3.05, 3.63) is 91.0 Å². The number of carboxylic acid groups (broad SMARTS) is 2. The molecule has 50 heavy (non-hydrogen) atoms. The highest BCUT2D eigenvalue weighted by Crippen LogP contribution is 2.55. The minimum Gasteiger partial charge on any atom is -0.475 e. The van der Waals surface area contributed by atoms with Crippen LogP contribution in [0, 0.1) is 10.8 Å². The average molecular weight is 732 g/mol. The number of benzene rings is 3. The van der Waals surface area contributed by atoms with Gasteiger partial charge in [-0.1, -0.05) is 68.4 Å². The van der Waals surface area contributed by atoms with E-state index in [9.17, 15) is 31.1 Å². The van der Waals surface area contributed by atoms with Gasteiger partial charge in [-0.05, 0) is 55.7 Å². The Morgan fingerprint density at radius 1 is 0.740 bits per heavy atom. The average Bonchev–Trinajstić information content (AvgIpc) is 3.06. The number of alkyl halides is 6. The standard InChI is InChI=1S/C30H39N4OP.2C2HF3O2/c1-30(2,21-23-34(3)29(31)32)28(35)33-22-13-14-24-36(25-15-7-4-8-16-25,26-17-9-5-10-18-26)27-19-11-6-12-20-27;2*3-2(4,5)1(6)7/h4-12,15-20H,13-14,21-24H2,1-3H3,(H3-,31,32,33,35);2*(H,6,7)/p+1. The first-order valence-electron chi connectivity index (χ1n) is 15.1. The van der Waals surface area contributed by atoms with Crippen molar-refractivity contribution < 1.29 is 50.9 Å². The van der Waals surface area contributed by atoms with E-state index in [2.05, 4.69) is 96.3 Å². The molecule has 0 saturated carbocycles. The van der Waals surface area contributed by atoms with Crippen LogP contribution in [-0.2, 0) is 14.4 Å². The monoisotopic (exact) mass is 731 g/mol. The fraction of sp³-hybridized carbons (Fsp3) is 0.353. The largest absolute Gasteiger partial charge is 0.490 e. The van der Waals surface area contributed by atoms with Gasteiger partial charge >= 0.3 is 24.3 Å². The summed E-state index contributed by atoms with van der Waals surface area (Å²) in [5.74, 6) is -5.44. The molecular formula is C34H42F6N4O5P+. The number of carboxylic acids is 2. The third-order valence-corrected chi connectivity index (χ3v) is 11.9. The summed E-state index contributed by atoms with van der Waals surface area (Å²) in [6.45, 7) is 5.14. The molecule has 0 saturated heterocycles. The quantitative estimate of drug-likeness (QED) is 0.0550. The molecule has 0 fully saturated rings. The molecule has 0 bridgehead atoms. The number of halogens is 6. The second-order valence-corrected chi connectivity index (χ2v) is 15.2. The van der Waals surface area contributed by atoms with Gasteiger partial charge in [0.1, 0.15) is 23.2 Å². The molecule has 0 heterocycles. The van der Waals surface area contributed by atoms with E-state index in [1.807, 2.05) is 13.8 Å². The molecule has 6 N–H and O–H groups in total. The molecule has 0 atom stereocenters. The maximum absolute atomic E-state index is 12.9. The first kappa shape index (κ1) is 43.4. The minimum atomic E-state index is -5.08. The molecule has 0 aliphatic carbocycles. The summed E-state index contributed by atoms with van der Waals surface area (Å²) in [4.78, 5) is 32.3. The predicted molar refractivity (Wildman–Crippen MR) is 183 cm³/mol. The topological polar surface area (TPSA) is 157 Å². The number of rotatable bonds is 12. The Hall–Kier alpha value is -4.65. The number of nitrogens with two attached hydrogens (primary N) is 1. The van der Waals surface area contributed by atoms with Crippen molar-refractivity contribution in [1.82, 2.24) is 10.2 Å². The molecule has 0 radical (unpaired) electrons. The predicted octanol–water partition coefficient (Wildman–Crippen LogP) is 5.39. The van der Waals surface area contributed by atoms with Gasteiger partial charge in [-0.15, -0.1) is 0 Å². The summed E-state index contributed by atoms with van der Waals surface area (Å²) in [6.07, 6.45) is -6.54. The van der Waals surface area contributed by atoms with Gasteiger partial charge in [-0.25, -0.2) is 9.59 Å². The molecule has 0 aliphatic rings. The maximum atomic E-state index is 12.9. The number of hydrogen-bond donors (Lipinski definition) is 5. The Bertz CT molecular complexity index is 1390. The van der Waals surface area contributed by atoms with Crippen molar-refractivity contribution in [2.24, 2.45) is 11.1 Å². The minimum absolute atomic E-state index is 0.0215. The van der Waals surface area contributed by atoms with Crippen molar-refractivity contribution >= 4 is 47.0 Å². The Kier molecular flexibility index (Phi) is 16.9. The van der Waals surface area contributed by atoms with E-state index in [0.717, 1.165) is 19.0 Å². The second kappa shape index (κ2) is 19.5. The number of carbonyl (C=O) groups excluding carboxylic acids is 1. The molecular weight excluding hydrogens is 689 g/mol. The maximum Gasteiger partial charge on any atom is 0.490 e. The zero-order chi connectivity index (χ0) is 38.2. The molecule has 3 rings (SSSR count). The van der Waals surface area contributed by atoms with Gasteiger partial charge in [0.05, 0.1) is 6.16 Å². The number of nitrogens with one attached hydrogen (secondary N) is 2. The lowest BCUT2D eigenvalue weighted by Crippen LogP contribution is -2.41. The third kappa shape index (κ3) is 14.1. The SMILES string of the molecule is CN(CCC(C)(C)C(=O)NCCCC[P+](c1ccccc1)(c1ccccc1)c1ccccc1)C(=N)N.O=C(O)C(F)(F)F.O=C(O)C(F)(F)F. The highest BCUT2D eigenvalue weighted by Gasteiger charge is 2.44. The molecule has 1 amide bonds. The Balaban J connectivity index is 0.000000748. The van der Waals surface area contributed by atoms with Crippen LogP contribution in [0.3, 0.4) is 0 Å². The smallest absolute Gasteiger partial charge is 0.475 e. The van der Waals surface area contributed by atoms with E-state index < -0.39 is 37.0 Å². The van der Waals surface area contributed by atoms with Crippen LogP contribution in [0.1, 0.15) is 33.1 Å². The van der Waals surface area contributed by atoms with Gasteiger partial charge in [0.25, 0.3) is 0 Å². The highest BCUT2D eigenvalue weighted by atomic mass is 31.2. The summed E-state index contributed by atoms with van der Waals surface area (Å²) < 4.78 is 63.5. The molecule has 0 spiro atoms. The molecule has 0 aliphatic heterocycles. The number of unbranched alkanes of at least 4 members (excludes halogenated alkanes) is 1. The number of nitrogens with zero attached hydrogens (tertiary/aromatic N) is 1. The van der Waals surface area contributed by atoms with Gasteiger partial charge in [0.2, 0.25) is 5.91 Å². The van der Waals surface area contributed by atoms with Crippen LogP contribution in [0.4, 0.5) is 26.3 Å². The van der Waals surface area contributed by atoms with Crippen molar-refractivity contribution in [1.29, 1.82) is 5.41 Å².